The van der Waals surface area contributed by atoms with E-state index in [1.807, 2.05) is 9.47 Å². The average molecular weight is 185 g/mol. The molecule has 1 unspecified atom stereocenters. The molecular weight excluding hydrogens is 177 g/mol. The van der Waals surface area contributed by atoms with Gasteiger partial charge in [-0.2, -0.15) is 0 Å². The van der Waals surface area contributed by atoms with E-state index in [9.17, 15) is 4.79 Å². The number of rotatable bonds is 2. The number of aliphatic hydroxyl groups excluding tert-OH is 1. The predicted molar refractivity (Wildman–Crippen MR) is 45.3 cm³/mol. The Balaban J connectivity index is 2.84. The molecule has 0 aliphatic heterocycles. The molecule has 0 aromatic carbocycles. The van der Waals surface area contributed by atoms with E-state index < -0.39 is 5.97 Å². The summed E-state index contributed by atoms with van der Waals surface area (Å²) in [6.45, 7) is -0.0802. The molecule has 1 atom stereocenters. The SMILES string of the molecule is O=C(OP)c1ccc(CO)cn1. The van der Waals surface area contributed by atoms with E-state index in [-0.39, 0.29) is 12.3 Å². The van der Waals surface area contributed by atoms with Crippen molar-refractivity contribution in [1.29, 1.82) is 0 Å². The third-order valence-corrected chi connectivity index (χ3v) is 1.54. The molecule has 0 aliphatic rings. The van der Waals surface area contributed by atoms with Crippen molar-refractivity contribution in [2.24, 2.45) is 0 Å². The minimum Gasteiger partial charge on any atom is -0.447 e. The Morgan fingerprint density at radius 2 is 2.42 bits per heavy atom. The second kappa shape index (κ2) is 4.14. The Kier molecular flexibility index (Phi) is 3.14. The number of carbonyl (C=O) groups excluding carboxylic acids is 1. The Morgan fingerprint density at radius 3 is 2.83 bits per heavy atom. The number of hydrogen-bond donors (Lipinski definition) is 1. The fourth-order valence-corrected chi connectivity index (χ4v) is 0.820. The van der Waals surface area contributed by atoms with Crippen molar-refractivity contribution >= 4 is 15.4 Å². The quantitative estimate of drug-likeness (QED) is 0.682. The number of aliphatic hydroxyl groups is 1. The second-order valence-electron chi connectivity index (χ2n) is 2.12. The molecule has 1 rings (SSSR count). The van der Waals surface area contributed by atoms with E-state index >= 15 is 0 Å². The molecule has 1 N–H and O–H groups in total. The third kappa shape index (κ3) is 2.00. The van der Waals surface area contributed by atoms with Crippen LogP contribution in [0.1, 0.15) is 16.1 Å². The molecular formula is C7H8NO3P. The van der Waals surface area contributed by atoms with Gasteiger partial charge < -0.3 is 9.63 Å². The summed E-state index contributed by atoms with van der Waals surface area (Å²) in [7, 11) is 1.85. The van der Waals surface area contributed by atoms with Gasteiger partial charge >= 0.3 is 5.97 Å². The van der Waals surface area contributed by atoms with Crippen LogP contribution in [0, 0.1) is 0 Å². The normalized spacial score (nSPS) is 9.50. The van der Waals surface area contributed by atoms with Crippen LogP contribution in [-0.4, -0.2) is 16.1 Å². The third-order valence-electron chi connectivity index (χ3n) is 1.32. The molecule has 12 heavy (non-hydrogen) atoms. The molecule has 0 saturated heterocycles. The molecule has 0 bridgehead atoms. The molecule has 5 heteroatoms. The van der Waals surface area contributed by atoms with Crippen LogP contribution < -0.4 is 0 Å². The minimum absolute atomic E-state index is 0.0802. The van der Waals surface area contributed by atoms with Crippen LogP contribution in [-0.2, 0) is 11.1 Å². The Bertz CT molecular complexity index is 272. The summed E-state index contributed by atoms with van der Waals surface area (Å²) in [6, 6.07) is 3.11. The molecule has 0 spiro atoms. The highest BCUT2D eigenvalue weighted by Crippen LogP contribution is 2.03. The van der Waals surface area contributed by atoms with E-state index in [0.717, 1.165) is 0 Å². The van der Waals surface area contributed by atoms with Gasteiger partial charge in [-0.1, -0.05) is 6.07 Å². The van der Waals surface area contributed by atoms with Crippen LogP contribution in [0.25, 0.3) is 0 Å². The molecule has 1 aromatic heterocycles. The maximum atomic E-state index is 10.8. The molecule has 1 aromatic rings. The first-order valence-corrected chi connectivity index (χ1v) is 3.72. The highest BCUT2D eigenvalue weighted by atomic mass is 31.0. The van der Waals surface area contributed by atoms with Crippen molar-refractivity contribution in [3.8, 4) is 0 Å². The summed E-state index contributed by atoms with van der Waals surface area (Å²) in [5.41, 5.74) is 0.887. The zero-order chi connectivity index (χ0) is 8.97. The second-order valence-corrected chi connectivity index (χ2v) is 2.35. The molecule has 0 saturated carbocycles. The van der Waals surface area contributed by atoms with Gasteiger partial charge in [-0.25, -0.2) is 9.78 Å². The first kappa shape index (κ1) is 9.10. The minimum atomic E-state index is -0.510. The zero-order valence-electron chi connectivity index (χ0n) is 6.23. The van der Waals surface area contributed by atoms with Crippen molar-refractivity contribution in [2.45, 2.75) is 6.61 Å². The highest BCUT2D eigenvalue weighted by molar-refractivity contribution is 7.10. The number of aromatic nitrogens is 1. The lowest BCUT2D eigenvalue weighted by Gasteiger charge is -1.98. The van der Waals surface area contributed by atoms with E-state index in [1.54, 1.807) is 6.07 Å². The van der Waals surface area contributed by atoms with E-state index in [0.29, 0.717) is 5.56 Å². The van der Waals surface area contributed by atoms with Gasteiger partial charge in [-0.3, -0.25) is 0 Å². The monoisotopic (exact) mass is 185 g/mol. The van der Waals surface area contributed by atoms with Gasteiger partial charge in [-0.15, -0.1) is 0 Å². The smallest absolute Gasteiger partial charge is 0.359 e. The number of hydrogen-bond acceptors (Lipinski definition) is 4. The number of nitrogens with zero attached hydrogens (tertiary/aromatic N) is 1. The van der Waals surface area contributed by atoms with Gasteiger partial charge in [0.15, 0.2) is 0 Å². The van der Waals surface area contributed by atoms with Crippen LogP contribution >= 0.6 is 9.47 Å². The molecule has 0 amide bonds. The van der Waals surface area contributed by atoms with Crippen LogP contribution in [0.2, 0.25) is 0 Å². The molecule has 64 valence electrons. The Hall–Kier alpha value is -0.990. The predicted octanol–water partition coefficient (Wildman–Crippen LogP) is 0.521. The van der Waals surface area contributed by atoms with Gasteiger partial charge in [0.2, 0.25) is 0 Å². The van der Waals surface area contributed by atoms with Crippen LogP contribution in [0.15, 0.2) is 18.3 Å². The molecule has 0 aliphatic carbocycles. The van der Waals surface area contributed by atoms with Crippen LogP contribution in [0.5, 0.6) is 0 Å². The topological polar surface area (TPSA) is 59.4 Å². The average Bonchev–Trinajstić information content (AvgIpc) is 2.17. The maximum Gasteiger partial charge on any atom is 0.359 e. The van der Waals surface area contributed by atoms with Crippen molar-refractivity contribution in [1.82, 2.24) is 4.98 Å². The Morgan fingerprint density at radius 1 is 1.67 bits per heavy atom. The van der Waals surface area contributed by atoms with Gasteiger partial charge in [-0.05, 0) is 11.6 Å². The van der Waals surface area contributed by atoms with E-state index in [2.05, 4.69) is 9.51 Å². The largest absolute Gasteiger partial charge is 0.447 e. The number of carbonyl (C=O) groups is 1. The molecule has 0 fully saturated rings. The van der Waals surface area contributed by atoms with Gasteiger partial charge in [0.05, 0.1) is 16.1 Å². The Labute approximate surface area is 71.9 Å². The lowest BCUT2D eigenvalue weighted by atomic mass is 10.2. The number of pyridine rings is 1. The van der Waals surface area contributed by atoms with Crippen LogP contribution in [0.3, 0.4) is 0 Å². The maximum absolute atomic E-state index is 10.8. The lowest BCUT2D eigenvalue weighted by molar-refractivity contribution is 0.0759. The highest BCUT2D eigenvalue weighted by Gasteiger charge is 2.05. The summed E-state index contributed by atoms with van der Waals surface area (Å²) in [5, 5.41) is 8.66. The van der Waals surface area contributed by atoms with E-state index in [1.165, 1.54) is 12.3 Å². The first-order chi connectivity index (χ1) is 5.77. The summed E-state index contributed by atoms with van der Waals surface area (Å²) in [6.07, 6.45) is 1.43. The van der Waals surface area contributed by atoms with Gasteiger partial charge in [0.1, 0.15) is 5.69 Å². The van der Waals surface area contributed by atoms with Crippen molar-refractivity contribution in [3.05, 3.63) is 29.6 Å². The lowest BCUT2D eigenvalue weighted by Crippen LogP contribution is -2.01. The molecule has 4 nitrogen and oxygen atoms in total. The fourth-order valence-electron chi connectivity index (χ4n) is 0.699. The summed E-state index contributed by atoms with van der Waals surface area (Å²) in [4.78, 5) is 14.6. The van der Waals surface area contributed by atoms with Gasteiger partial charge in [0.25, 0.3) is 0 Å². The molecule has 1 heterocycles. The van der Waals surface area contributed by atoms with Crippen molar-refractivity contribution in [3.63, 3.8) is 0 Å². The van der Waals surface area contributed by atoms with Gasteiger partial charge in [0, 0.05) is 6.20 Å². The zero-order valence-corrected chi connectivity index (χ0v) is 7.38. The van der Waals surface area contributed by atoms with Crippen molar-refractivity contribution in [2.75, 3.05) is 0 Å². The van der Waals surface area contributed by atoms with Crippen LogP contribution in [0.4, 0.5) is 0 Å². The molecule has 0 radical (unpaired) electrons. The summed E-state index contributed by atoms with van der Waals surface area (Å²) in [5.74, 6) is -0.510. The summed E-state index contributed by atoms with van der Waals surface area (Å²) >= 11 is 0. The van der Waals surface area contributed by atoms with Crippen molar-refractivity contribution < 1.29 is 14.4 Å². The standard InChI is InChI=1S/C7H8NO3P/c9-4-5-1-2-6(8-3-5)7(10)11-12/h1-3,9H,4,12H2. The van der Waals surface area contributed by atoms with E-state index in [4.69, 9.17) is 5.11 Å². The first-order valence-electron chi connectivity index (χ1n) is 3.24. The fraction of sp³-hybridized carbons (Fsp3) is 0.143. The summed E-state index contributed by atoms with van der Waals surface area (Å²) < 4.78 is 4.36.